The molecular weight excluding hydrogens is 388 g/mol. The Morgan fingerprint density at radius 1 is 1.17 bits per heavy atom. The van der Waals surface area contributed by atoms with Crippen LogP contribution in [0.5, 0.6) is 5.75 Å². The largest absolute Gasteiger partial charge is 0.495 e. The number of benzene rings is 2. The van der Waals surface area contributed by atoms with Crippen LogP contribution in [0.2, 0.25) is 0 Å². The molecule has 7 heteroatoms. The first-order valence-corrected chi connectivity index (χ1v) is 11.2. The van der Waals surface area contributed by atoms with Crippen LogP contribution in [-0.2, 0) is 21.2 Å². The number of nitrogens with zero attached hydrogens (tertiary/aromatic N) is 1. The van der Waals surface area contributed by atoms with Crippen molar-refractivity contribution in [2.75, 3.05) is 20.2 Å². The molecule has 2 rings (SSSR count). The van der Waals surface area contributed by atoms with E-state index in [9.17, 15) is 13.2 Å². The Kier molecular flexibility index (Phi) is 8.22. The van der Waals surface area contributed by atoms with Crippen LogP contribution in [0.3, 0.4) is 0 Å². The fraction of sp³-hybridized carbons (Fsp3) is 0.409. The molecule has 0 radical (unpaired) electrons. The molecule has 2 aromatic carbocycles. The van der Waals surface area contributed by atoms with Crippen LogP contribution < -0.4 is 10.1 Å². The highest BCUT2D eigenvalue weighted by molar-refractivity contribution is 7.89. The molecule has 0 unspecified atom stereocenters. The third-order valence-electron chi connectivity index (χ3n) is 4.73. The molecular formula is C22H30N2O4S. The predicted molar refractivity (Wildman–Crippen MR) is 115 cm³/mol. The fourth-order valence-corrected chi connectivity index (χ4v) is 4.72. The van der Waals surface area contributed by atoms with Crippen molar-refractivity contribution < 1.29 is 17.9 Å². The van der Waals surface area contributed by atoms with E-state index in [1.54, 1.807) is 25.1 Å². The molecule has 6 nitrogen and oxygen atoms in total. The molecule has 0 aromatic heterocycles. The van der Waals surface area contributed by atoms with E-state index in [2.05, 4.69) is 17.4 Å². The van der Waals surface area contributed by atoms with Crippen molar-refractivity contribution >= 4 is 15.9 Å². The quantitative estimate of drug-likeness (QED) is 0.643. The summed E-state index contributed by atoms with van der Waals surface area (Å²) in [7, 11) is -2.42. The Morgan fingerprint density at radius 2 is 1.86 bits per heavy atom. The molecule has 1 amide bonds. The molecule has 0 saturated carbocycles. The summed E-state index contributed by atoms with van der Waals surface area (Å²) >= 11 is 0. The minimum absolute atomic E-state index is 0.0578. The Bertz CT molecular complexity index is 914. The number of aryl methyl sites for hydroxylation is 2. The minimum atomic E-state index is -3.86. The third kappa shape index (κ3) is 6.30. The molecule has 1 atom stereocenters. The topological polar surface area (TPSA) is 75.7 Å². The van der Waals surface area contributed by atoms with Gasteiger partial charge in [0.25, 0.3) is 0 Å². The monoisotopic (exact) mass is 418 g/mol. The van der Waals surface area contributed by atoms with Gasteiger partial charge in [-0.05, 0) is 49.9 Å². The summed E-state index contributed by atoms with van der Waals surface area (Å²) in [6.45, 7) is 5.41. The van der Waals surface area contributed by atoms with Crippen molar-refractivity contribution in [3.63, 3.8) is 0 Å². The average molecular weight is 419 g/mol. The summed E-state index contributed by atoms with van der Waals surface area (Å²) < 4.78 is 32.6. The van der Waals surface area contributed by atoms with Gasteiger partial charge in [-0.3, -0.25) is 4.79 Å². The zero-order valence-corrected chi connectivity index (χ0v) is 18.3. The summed E-state index contributed by atoms with van der Waals surface area (Å²) in [6.07, 6.45) is 1.62. The van der Waals surface area contributed by atoms with Crippen molar-refractivity contribution in [3.05, 3.63) is 59.7 Å². The highest BCUT2D eigenvalue weighted by atomic mass is 32.2. The second-order valence-corrected chi connectivity index (χ2v) is 8.98. The first-order chi connectivity index (χ1) is 13.8. The van der Waals surface area contributed by atoms with E-state index in [-0.39, 0.29) is 35.7 Å². The van der Waals surface area contributed by atoms with Crippen molar-refractivity contribution in [3.8, 4) is 5.75 Å². The number of carbonyl (C=O) groups is 1. The Balaban J connectivity index is 2.02. The van der Waals surface area contributed by atoms with Gasteiger partial charge in [-0.25, -0.2) is 8.42 Å². The SMILES string of the molecule is CCN(CC(=O)N[C@H](C)CCc1ccccc1)S(=O)(=O)c1cc(C)ccc1OC. The maximum absolute atomic E-state index is 13.1. The van der Waals surface area contributed by atoms with Crippen molar-refractivity contribution in [1.82, 2.24) is 9.62 Å². The second kappa shape index (κ2) is 10.4. The molecule has 0 aliphatic heterocycles. The zero-order valence-electron chi connectivity index (χ0n) is 17.5. The van der Waals surface area contributed by atoms with Gasteiger partial charge in [0.05, 0.1) is 13.7 Å². The first-order valence-electron chi connectivity index (χ1n) is 9.76. The number of nitrogens with one attached hydrogen (secondary N) is 1. The molecule has 1 N–H and O–H groups in total. The van der Waals surface area contributed by atoms with Gasteiger partial charge in [0.1, 0.15) is 10.6 Å². The maximum atomic E-state index is 13.1. The Labute approximate surface area is 173 Å². The molecule has 29 heavy (non-hydrogen) atoms. The van der Waals surface area contributed by atoms with Crippen molar-refractivity contribution in [1.29, 1.82) is 0 Å². The summed E-state index contributed by atoms with van der Waals surface area (Å²) in [5.41, 5.74) is 2.01. The molecule has 0 saturated heterocycles. The van der Waals surface area contributed by atoms with Gasteiger partial charge in [-0.15, -0.1) is 0 Å². The van der Waals surface area contributed by atoms with E-state index in [4.69, 9.17) is 4.74 Å². The number of carbonyl (C=O) groups excluding carboxylic acids is 1. The van der Waals surface area contributed by atoms with Crippen LogP contribution in [0.15, 0.2) is 53.4 Å². The van der Waals surface area contributed by atoms with Crippen molar-refractivity contribution in [2.45, 2.75) is 44.6 Å². The van der Waals surface area contributed by atoms with Crippen LogP contribution in [0.25, 0.3) is 0 Å². The summed E-state index contributed by atoms with van der Waals surface area (Å²) in [5.74, 6) is -0.0479. The summed E-state index contributed by atoms with van der Waals surface area (Å²) in [6, 6.07) is 15.0. The van der Waals surface area contributed by atoms with Gasteiger partial charge < -0.3 is 10.1 Å². The number of amides is 1. The lowest BCUT2D eigenvalue weighted by atomic mass is 10.1. The number of ether oxygens (including phenoxy) is 1. The molecule has 0 spiro atoms. The molecule has 0 aliphatic rings. The third-order valence-corrected chi connectivity index (χ3v) is 6.67. The smallest absolute Gasteiger partial charge is 0.247 e. The number of rotatable bonds is 10. The molecule has 0 fully saturated rings. The number of hydrogen-bond acceptors (Lipinski definition) is 4. The number of likely N-dealkylation sites (N-methyl/N-ethyl adjacent to an activating group) is 1. The summed E-state index contributed by atoms with van der Waals surface area (Å²) in [4.78, 5) is 12.6. The lowest BCUT2D eigenvalue weighted by Crippen LogP contribution is -2.43. The summed E-state index contributed by atoms with van der Waals surface area (Å²) in [5, 5.41) is 2.90. The lowest BCUT2D eigenvalue weighted by molar-refractivity contribution is -0.121. The van der Waals surface area contributed by atoms with Crippen LogP contribution in [-0.4, -0.2) is 44.9 Å². The highest BCUT2D eigenvalue weighted by Crippen LogP contribution is 2.27. The highest BCUT2D eigenvalue weighted by Gasteiger charge is 2.28. The number of hydrogen-bond donors (Lipinski definition) is 1. The van der Waals surface area contributed by atoms with E-state index in [1.807, 2.05) is 32.0 Å². The lowest BCUT2D eigenvalue weighted by Gasteiger charge is -2.23. The van der Waals surface area contributed by atoms with Gasteiger partial charge >= 0.3 is 0 Å². The average Bonchev–Trinajstić information content (AvgIpc) is 2.71. The van der Waals surface area contributed by atoms with Crippen LogP contribution in [0.4, 0.5) is 0 Å². The van der Waals surface area contributed by atoms with Crippen LogP contribution in [0.1, 0.15) is 31.4 Å². The maximum Gasteiger partial charge on any atom is 0.247 e. The van der Waals surface area contributed by atoms with E-state index in [0.29, 0.717) is 0 Å². The van der Waals surface area contributed by atoms with E-state index < -0.39 is 10.0 Å². The van der Waals surface area contributed by atoms with Crippen molar-refractivity contribution in [2.24, 2.45) is 0 Å². The van der Waals surface area contributed by atoms with E-state index in [0.717, 1.165) is 18.4 Å². The molecule has 0 aliphatic carbocycles. The van der Waals surface area contributed by atoms with Crippen LogP contribution in [0, 0.1) is 6.92 Å². The predicted octanol–water partition coefficient (Wildman–Crippen LogP) is 3.15. The standard InChI is InChI=1S/C22H30N2O4S/c1-5-24(29(26,27)21-15-17(2)11-14-20(21)28-4)16-22(25)23-18(3)12-13-19-9-7-6-8-10-19/h6-11,14-15,18H,5,12-13,16H2,1-4H3,(H,23,25)/t18-/m1/s1. The Hall–Kier alpha value is -2.38. The molecule has 0 heterocycles. The Morgan fingerprint density at radius 3 is 2.48 bits per heavy atom. The van der Waals surface area contributed by atoms with Gasteiger partial charge in [0, 0.05) is 12.6 Å². The van der Waals surface area contributed by atoms with Gasteiger partial charge in [-0.1, -0.05) is 43.3 Å². The first kappa shape index (κ1) is 22.9. The molecule has 2 aromatic rings. The van der Waals surface area contributed by atoms with E-state index >= 15 is 0 Å². The second-order valence-electron chi connectivity index (χ2n) is 7.08. The minimum Gasteiger partial charge on any atom is -0.495 e. The number of methoxy groups -OCH3 is 1. The van der Waals surface area contributed by atoms with Crippen LogP contribution >= 0.6 is 0 Å². The zero-order chi connectivity index (χ0) is 21.4. The number of sulfonamides is 1. The normalized spacial score (nSPS) is 12.6. The fourth-order valence-electron chi connectivity index (χ4n) is 3.07. The van der Waals surface area contributed by atoms with Gasteiger partial charge in [-0.2, -0.15) is 4.31 Å². The molecule has 158 valence electrons. The molecule has 0 bridgehead atoms. The van der Waals surface area contributed by atoms with E-state index in [1.165, 1.54) is 17.0 Å². The van der Waals surface area contributed by atoms with Gasteiger partial charge in [0.15, 0.2) is 0 Å². The van der Waals surface area contributed by atoms with Gasteiger partial charge in [0.2, 0.25) is 15.9 Å².